The molecule has 1 aromatic rings. The summed E-state index contributed by atoms with van der Waals surface area (Å²) in [6.45, 7) is 3.04. The molecule has 0 radical (unpaired) electrons. The zero-order chi connectivity index (χ0) is 53.2. The maximum absolute atomic E-state index is 14.1. The molecule has 2 rings (SSSR count). The van der Waals surface area contributed by atoms with E-state index in [9.17, 15) is 63.3 Å². The van der Waals surface area contributed by atoms with Crippen LogP contribution < -0.4 is 71.2 Å². The van der Waals surface area contributed by atoms with Gasteiger partial charge in [0.1, 0.15) is 42.3 Å². The van der Waals surface area contributed by atoms with E-state index in [4.69, 9.17) is 28.7 Å². The van der Waals surface area contributed by atoms with Gasteiger partial charge >= 0.3 is 11.9 Å². The Kier molecular flexibility index (Phi) is 25.8. The molecule has 1 aliphatic heterocycles. The number of hydrogen-bond acceptors (Lipinski definition) is 15. The highest BCUT2D eigenvalue weighted by molar-refractivity contribution is 5.98. The van der Waals surface area contributed by atoms with Crippen LogP contribution in [-0.4, -0.2) is 171 Å². The van der Waals surface area contributed by atoms with E-state index < -0.39 is 133 Å². The molecule has 30 nitrogen and oxygen atoms in total. The number of carbonyl (C=O) groups is 10. The summed E-state index contributed by atoms with van der Waals surface area (Å²) < 4.78 is 0. The van der Waals surface area contributed by atoms with Crippen LogP contribution in [0, 0.1) is 5.92 Å². The van der Waals surface area contributed by atoms with E-state index in [1.54, 1.807) is 13.8 Å². The van der Waals surface area contributed by atoms with Crippen LogP contribution in [0.5, 0.6) is 0 Å². The Morgan fingerprint density at radius 1 is 0.676 bits per heavy atom. The second-order valence-corrected chi connectivity index (χ2v) is 17.0. The average Bonchev–Trinajstić information content (AvgIpc) is 4.03. The van der Waals surface area contributed by atoms with Gasteiger partial charge in [0.25, 0.3) is 0 Å². The number of amides is 8. The highest BCUT2D eigenvalue weighted by atomic mass is 16.4. The van der Waals surface area contributed by atoms with Crippen LogP contribution in [0.25, 0.3) is 0 Å². The summed E-state index contributed by atoms with van der Waals surface area (Å²) in [6, 6.07) is -11.7. The van der Waals surface area contributed by atoms with Crippen LogP contribution in [0.1, 0.15) is 83.7 Å². The molecule has 0 aliphatic carbocycles. The van der Waals surface area contributed by atoms with E-state index in [1.807, 2.05) is 0 Å². The number of aromatic nitrogens is 2. The number of imidazole rings is 1. The number of carbonyl (C=O) groups excluding carboxylic acids is 8. The van der Waals surface area contributed by atoms with Crippen molar-refractivity contribution in [3.63, 3.8) is 0 Å². The number of aliphatic imine (C=N–C) groups is 2. The van der Waals surface area contributed by atoms with Gasteiger partial charge in [-0.3, -0.25) is 53.1 Å². The first-order chi connectivity index (χ1) is 33.5. The van der Waals surface area contributed by atoms with Crippen LogP contribution in [0.2, 0.25) is 0 Å². The van der Waals surface area contributed by atoms with Crippen molar-refractivity contribution < 1.29 is 63.3 Å². The molecule has 30 heteroatoms. The summed E-state index contributed by atoms with van der Waals surface area (Å²) in [7, 11) is 0. The van der Waals surface area contributed by atoms with E-state index >= 15 is 0 Å². The molecule has 8 atom stereocenters. The topological polar surface area (TPSA) is 511 Å². The number of aliphatic hydroxyl groups is 1. The number of guanidine groups is 2. The fraction of sp³-hybridized carbons (Fsp3) is 0.634. The SMILES string of the molecule is CC(C)C[C@H](NC(=O)[C@H](Cc1cnc[nH]1)NC(=O)[C@H](CCC(N)=O)NC(=O)[C@H](CCCN=C(N)N)NC(=O)[C@H](CC(=O)O)NC(=O)[C@H](CCCN=C(N)N)NC(=O)[C@H](CO)NC(=O)[C@@H]1CCCN1)C(=O)O. The third kappa shape index (κ3) is 23.0. The lowest BCUT2D eigenvalue weighted by Crippen LogP contribution is -2.60. The van der Waals surface area contributed by atoms with Gasteiger partial charge in [-0.05, 0) is 63.8 Å². The predicted molar refractivity (Wildman–Crippen MR) is 252 cm³/mol. The Hall–Kier alpha value is -7.63. The number of aliphatic hydroxyl groups excluding tert-OH is 1. The first-order valence-electron chi connectivity index (χ1n) is 22.8. The normalized spacial score (nSPS) is 16.0. The van der Waals surface area contributed by atoms with Crippen molar-refractivity contribution in [2.75, 3.05) is 26.2 Å². The van der Waals surface area contributed by atoms with Gasteiger partial charge in [-0.2, -0.15) is 0 Å². The van der Waals surface area contributed by atoms with Crippen molar-refractivity contribution in [3.05, 3.63) is 18.2 Å². The Morgan fingerprint density at radius 3 is 1.59 bits per heavy atom. The average molecular weight is 1010 g/mol. The first kappa shape index (κ1) is 59.5. The van der Waals surface area contributed by atoms with E-state index in [0.29, 0.717) is 25.1 Å². The zero-order valence-electron chi connectivity index (χ0n) is 39.6. The number of carboxylic acids is 2. The molecule has 0 saturated carbocycles. The summed E-state index contributed by atoms with van der Waals surface area (Å²) in [5.74, 6) is -11.5. The second-order valence-electron chi connectivity index (χ2n) is 17.0. The molecule has 0 bridgehead atoms. The van der Waals surface area contributed by atoms with Crippen molar-refractivity contribution in [2.45, 2.75) is 133 Å². The fourth-order valence-corrected chi connectivity index (χ4v) is 7.01. The van der Waals surface area contributed by atoms with Crippen LogP contribution >= 0.6 is 0 Å². The second kappa shape index (κ2) is 30.8. The lowest BCUT2D eigenvalue weighted by Gasteiger charge is -2.27. The number of carboxylic acid groups (broad SMARTS) is 2. The molecule has 0 unspecified atom stereocenters. The lowest BCUT2D eigenvalue weighted by atomic mass is 10.0. The molecule has 71 heavy (non-hydrogen) atoms. The highest BCUT2D eigenvalue weighted by Gasteiger charge is 2.36. The van der Waals surface area contributed by atoms with Gasteiger partial charge in [-0.15, -0.1) is 0 Å². The van der Waals surface area contributed by atoms with Crippen LogP contribution in [-0.2, 0) is 54.4 Å². The number of hydrogen-bond donors (Lipinski definition) is 17. The standard InChI is InChI=1S/C41H69N17O13/c1-20(2)14-28(39(70)71)57-36(67)26(15-21-17-47-19-51-21)55-35(66)25(9-10-30(42)60)54-33(64)23(7-4-12-49-40(43)44)52-37(68)27(16-31(61)62)56-34(65)24(8-5-13-50-41(45)46)53-38(69)29(18-59)58-32(63)22-6-3-11-48-22/h17,19-20,22-29,48,59H,3-16,18H2,1-2H3,(H2,42,60)(H,47,51)(H,52,68)(H,53,69)(H,54,64)(H,55,66)(H,56,65)(H,57,67)(H,58,63)(H,61,62)(H,70,71)(H4,43,44,49)(H4,45,46,50)/t22-,23-,24-,25-,26-,27-,28-,29-/m0/s1. The Morgan fingerprint density at radius 2 is 1.15 bits per heavy atom. The molecule has 0 aromatic carbocycles. The minimum atomic E-state index is -1.94. The summed E-state index contributed by atoms with van der Waals surface area (Å²) in [4.78, 5) is 146. The summed E-state index contributed by atoms with van der Waals surface area (Å²) >= 11 is 0. The number of rotatable bonds is 33. The molecule has 22 N–H and O–H groups in total. The molecular formula is C41H69N17O13. The van der Waals surface area contributed by atoms with Gasteiger partial charge < -0.3 is 91.5 Å². The molecule has 396 valence electrons. The number of aromatic amines is 1. The molecule has 0 spiro atoms. The number of nitrogens with one attached hydrogen (secondary N) is 9. The number of nitrogens with zero attached hydrogens (tertiary/aromatic N) is 3. The first-order valence-corrected chi connectivity index (χ1v) is 22.8. The van der Waals surface area contributed by atoms with Crippen molar-refractivity contribution >= 4 is 71.1 Å². The van der Waals surface area contributed by atoms with Crippen molar-refractivity contribution in [1.82, 2.24) is 52.5 Å². The van der Waals surface area contributed by atoms with Crippen LogP contribution in [0.3, 0.4) is 0 Å². The van der Waals surface area contributed by atoms with E-state index in [2.05, 4.69) is 62.5 Å². The third-order valence-electron chi connectivity index (χ3n) is 10.6. The van der Waals surface area contributed by atoms with Gasteiger partial charge in [0.2, 0.25) is 47.3 Å². The monoisotopic (exact) mass is 1010 g/mol. The van der Waals surface area contributed by atoms with Gasteiger partial charge in [-0.1, -0.05) is 13.8 Å². The highest BCUT2D eigenvalue weighted by Crippen LogP contribution is 2.11. The van der Waals surface area contributed by atoms with Gasteiger partial charge in [0.15, 0.2) is 11.9 Å². The number of nitrogens with two attached hydrogens (primary N) is 5. The maximum Gasteiger partial charge on any atom is 0.326 e. The van der Waals surface area contributed by atoms with Gasteiger partial charge in [0.05, 0.1) is 25.4 Å². The molecule has 2 heterocycles. The van der Waals surface area contributed by atoms with E-state index in [1.165, 1.54) is 12.5 Å². The molecule has 1 aromatic heterocycles. The third-order valence-corrected chi connectivity index (χ3v) is 10.6. The zero-order valence-corrected chi connectivity index (χ0v) is 39.6. The van der Waals surface area contributed by atoms with Crippen molar-refractivity contribution in [1.29, 1.82) is 0 Å². The summed E-state index contributed by atoms with van der Waals surface area (Å²) in [5, 5.41) is 49.3. The van der Waals surface area contributed by atoms with E-state index in [0.717, 1.165) is 0 Å². The number of aliphatic carboxylic acids is 2. The smallest absolute Gasteiger partial charge is 0.326 e. The molecule has 1 saturated heterocycles. The van der Waals surface area contributed by atoms with Crippen LogP contribution in [0.15, 0.2) is 22.5 Å². The van der Waals surface area contributed by atoms with Gasteiger partial charge in [0, 0.05) is 37.8 Å². The van der Waals surface area contributed by atoms with Crippen molar-refractivity contribution in [3.8, 4) is 0 Å². The predicted octanol–water partition coefficient (Wildman–Crippen LogP) is -6.93. The largest absolute Gasteiger partial charge is 0.481 e. The summed E-state index contributed by atoms with van der Waals surface area (Å²) in [5.41, 5.74) is 27.4. The van der Waals surface area contributed by atoms with Crippen molar-refractivity contribution in [2.24, 2.45) is 44.6 Å². The maximum atomic E-state index is 14.1. The fourth-order valence-electron chi connectivity index (χ4n) is 7.01. The number of primary amides is 1. The molecule has 8 amide bonds. The minimum Gasteiger partial charge on any atom is -0.481 e. The minimum absolute atomic E-state index is 0.0127. The number of H-pyrrole nitrogens is 1. The molecular weight excluding hydrogens is 939 g/mol. The summed E-state index contributed by atoms with van der Waals surface area (Å²) in [6.07, 6.45) is 1.18. The van der Waals surface area contributed by atoms with Gasteiger partial charge in [-0.25, -0.2) is 9.78 Å². The Bertz CT molecular complexity index is 2040. The lowest BCUT2D eigenvalue weighted by molar-refractivity contribution is -0.143. The molecule has 1 fully saturated rings. The van der Waals surface area contributed by atoms with Crippen LogP contribution in [0.4, 0.5) is 0 Å². The van der Waals surface area contributed by atoms with E-state index in [-0.39, 0.29) is 69.5 Å². The Balaban J connectivity index is 2.45. The Labute approximate surface area is 408 Å². The quantitative estimate of drug-likeness (QED) is 0.0177. The molecule has 1 aliphatic rings.